The van der Waals surface area contributed by atoms with E-state index >= 15 is 4.57 Å². The molecule has 1 aliphatic heterocycles. The zero-order chi connectivity index (χ0) is 34.5. The Hall–Kier alpha value is -2.46. The van der Waals surface area contributed by atoms with Crippen molar-refractivity contribution in [3.05, 3.63) is 60.2 Å². The molecule has 0 aliphatic carbocycles. The maximum atomic E-state index is 15.4. The molecule has 1 aliphatic rings. The average Bonchev–Trinajstić information content (AvgIpc) is 3.05. The van der Waals surface area contributed by atoms with E-state index in [1.54, 1.807) is 64.6 Å². The summed E-state index contributed by atoms with van der Waals surface area (Å²) in [5.74, 6) is -0.662. The molecule has 5 atom stereocenters. The summed E-state index contributed by atoms with van der Waals surface area (Å²) in [6, 6.07) is 6.14. The molecule has 0 saturated carbocycles. The van der Waals surface area contributed by atoms with Gasteiger partial charge in [0.15, 0.2) is 0 Å². The molecule has 0 bridgehead atoms. The Bertz CT molecular complexity index is 1360. The molecule has 262 valence electrons. The average molecular weight is 695 g/mol. The predicted molar refractivity (Wildman–Crippen MR) is 185 cm³/mol. The van der Waals surface area contributed by atoms with Crippen LogP contribution >= 0.6 is 15.2 Å². The summed E-state index contributed by atoms with van der Waals surface area (Å²) in [5.41, 5.74) is 0.335. The third-order valence-electron chi connectivity index (χ3n) is 7.61. The second-order valence-corrected chi connectivity index (χ2v) is 15.4. The lowest BCUT2D eigenvalue weighted by molar-refractivity contribution is 0.197. The highest BCUT2D eigenvalue weighted by Gasteiger charge is 2.54. The van der Waals surface area contributed by atoms with Crippen LogP contribution in [0.2, 0.25) is 0 Å². The largest absolute Gasteiger partial charge is 0.480 e. The van der Waals surface area contributed by atoms with Crippen LogP contribution in [0, 0.1) is 5.92 Å². The Morgan fingerprint density at radius 2 is 1.17 bits per heavy atom. The second kappa shape index (κ2) is 18.9. The van der Waals surface area contributed by atoms with Gasteiger partial charge in [-0.2, -0.15) is 0 Å². The summed E-state index contributed by atoms with van der Waals surface area (Å²) in [7, 11) is -7.83. The summed E-state index contributed by atoms with van der Waals surface area (Å²) < 4.78 is 66.0. The fourth-order valence-corrected chi connectivity index (χ4v) is 10.6. The zero-order valence-electron chi connectivity index (χ0n) is 29.0. The maximum Gasteiger partial charge on any atom is 0.335 e. The number of aliphatic imine (C=N–C) groups is 2. The Morgan fingerprint density at radius 1 is 0.681 bits per heavy atom. The van der Waals surface area contributed by atoms with Gasteiger partial charge in [-0.1, -0.05) is 26.0 Å². The standard InChI is InChI=1S/C33H52N4O8P2/c1-9-40-32-29(24(7)8)36-33(41-10-2)30(37-32)28(26-18-16-20-35-22-26)31(47(39,44-13-5)45-14-6)27(25-17-15-19-34-21-25)23-46(38,42-11-3)43-12-4/h15-22,24,27-31H,9-14,23H2,1-8H3/t27?,28?,29-,30?,31?/m0/s1. The van der Waals surface area contributed by atoms with E-state index in [9.17, 15) is 4.57 Å². The molecule has 12 nitrogen and oxygen atoms in total. The number of hydrogen-bond acceptors (Lipinski definition) is 12. The lowest BCUT2D eigenvalue weighted by Crippen LogP contribution is -2.45. The van der Waals surface area contributed by atoms with Gasteiger partial charge in [-0.05, 0) is 70.7 Å². The van der Waals surface area contributed by atoms with Crippen LogP contribution in [0.4, 0.5) is 0 Å². The SMILES string of the molecule is CCOC1=N[C@@H](C(C)C)C(OCC)=NC1C(c1cccnc1)C(C(CP(=O)(OCC)OCC)c1cccnc1)P(=O)(OCC)OCC. The first kappa shape index (κ1) is 39.0. The monoisotopic (exact) mass is 694 g/mol. The lowest BCUT2D eigenvalue weighted by atomic mass is 9.81. The molecule has 3 heterocycles. The van der Waals surface area contributed by atoms with Gasteiger partial charge in [0, 0.05) is 36.6 Å². The van der Waals surface area contributed by atoms with E-state index < -0.39 is 38.7 Å². The normalized spacial score (nSPS) is 19.1. The van der Waals surface area contributed by atoms with Crippen LogP contribution in [0.15, 0.2) is 59.0 Å². The van der Waals surface area contributed by atoms with E-state index in [0.29, 0.717) is 36.1 Å². The Balaban J connectivity index is 2.47. The van der Waals surface area contributed by atoms with Crippen molar-refractivity contribution >= 4 is 27.0 Å². The molecular formula is C33H52N4O8P2. The Kier molecular flexibility index (Phi) is 15.7. The van der Waals surface area contributed by atoms with E-state index in [0.717, 1.165) is 0 Å². The van der Waals surface area contributed by atoms with E-state index in [1.165, 1.54) is 0 Å². The lowest BCUT2D eigenvalue weighted by Gasteiger charge is -2.42. The number of aromatic nitrogens is 2. The van der Waals surface area contributed by atoms with Crippen molar-refractivity contribution in [3.8, 4) is 0 Å². The van der Waals surface area contributed by atoms with Crippen molar-refractivity contribution in [3.63, 3.8) is 0 Å². The van der Waals surface area contributed by atoms with Crippen molar-refractivity contribution in [1.82, 2.24) is 9.97 Å². The molecule has 2 aromatic rings. The van der Waals surface area contributed by atoms with E-state index in [1.807, 2.05) is 39.8 Å². The molecule has 4 unspecified atom stereocenters. The van der Waals surface area contributed by atoms with Gasteiger partial charge >= 0.3 is 15.2 Å². The molecule has 0 fully saturated rings. The Morgan fingerprint density at radius 3 is 1.62 bits per heavy atom. The molecule has 0 N–H and O–H groups in total. The molecular weight excluding hydrogens is 642 g/mol. The summed E-state index contributed by atoms with van der Waals surface area (Å²) in [4.78, 5) is 19.1. The predicted octanol–water partition coefficient (Wildman–Crippen LogP) is 7.52. The number of ether oxygens (including phenoxy) is 2. The van der Waals surface area contributed by atoms with Gasteiger partial charge in [-0.25, -0.2) is 9.98 Å². The number of nitrogens with zero attached hydrogens (tertiary/aromatic N) is 4. The van der Waals surface area contributed by atoms with Gasteiger partial charge in [-0.15, -0.1) is 0 Å². The highest BCUT2D eigenvalue weighted by Crippen LogP contribution is 2.65. The van der Waals surface area contributed by atoms with Crippen molar-refractivity contribution in [2.24, 2.45) is 15.9 Å². The topological polar surface area (TPSA) is 140 Å². The fraction of sp³-hybridized carbons (Fsp3) is 0.636. The summed E-state index contributed by atoms with van der Waals surface area (Å²) in [5, 5.41) is 0. The van der Waals surface area contributed by atoms with Gasteiger partial charge in [-0.3, -0.25) is 19.1 Å². The van der Waals surface area contributed by atoms with Gasteiger partial charge in [0.25, 0.3) is 0 Å². The molecule has 47 heavy (non-hydrogen) atoms. The first-order chi connectivity index (χ1) is 22.6. The first-order valence-corrected chi connectivity index (χ1v) is 19.9. The van der Waals surface area contributed by atoms with Crippen LogP contribution in [-0.4, -0.2) is 85.3 Å². The van der Waals surface area contributed by atoms with Crippen LogP contribution in [0.5, 0.6) is 0 Å². The highest BCUT2D eigenvalue weighted by molar-refractivity contribution is 7.55. The zero-order valence-corrected chi connectivity index (χ0v) is 30.8. The van der Waals surface area contributed by atoms with Gasteiger partial charge < -0.3 is 27.6 Å². The van der Waals surface area contributed by atoms with Crippen LogP contribution in [0.25, 0.3) is 0 Å². The minimum absolute atomic E-state index is 0.0636. The van der Waals surface area contributed by atoms with Crippen molar-refractivity contribution in [2.45, 2.75) is 85.0 Å². The number of rotatable bonds is 19. The number of hydrogen-bond donors (Lipinski definition) is 0. The van der Waals surface area contributed by atoms with Gasteiger partial charge in [0.2, 0.25) is 11.8 Å². The molecule has 0 spiro atoms. The molecule has 2 aromatic heterocycles. The first-order valence-electron chi connectivity index (χ1n) is 16.6. The Labute approximate surface area is 280 Å². The molecule has 0 amide bonds. The molecule has 0 radical (unpaired) electrons. The molecule has 14 heteroatoms. The minimum atomic E-state index is -4.09. The van der Waals surface area contributed by atoms with Crippen molar-refractivity contribution in [1.29, 1.82) is 0 Å². The van der Waals surface area contributed by atoms with E-state index in [4.69, 9.17) is 37.6 Å². The van der Waals surface area contributed by atoms with Crippen molar-refractivity contribution in [2.75, 3.05) is 45.8 Å². The fourth-order valence-electron chi connectivity index (χ4n) is 5.91. The van der Waals surface area contributed by atoms with Crippen LogP contribution < -0.4 is 0 Å². The third-order valence-corrected chi connectivity index (χ3v) is 12.4. The quantitative estimate of drug-likeness (QED) is 0.136. The smallest absolute Gasteiger partial charge is 0.335 e. The molecule has 0 saturated heterocycles. The summed E-state index contributed by atoms with van der Waals surface area (Å²) >= 11 is 0. The van der Waals surface area contributed by atoms with E-state index in [-0.39, 0.29) is 44.5 Å². The highest BCUT2D eigenvalue weighted by atomic mass is 31.2. The van der Waals surface area contributed by atoms with Crippen LogP contribution in [0.1, 0.15) is 78.4 Å². The molecule has 0 aromatic carbocycles. The minimum Gasteiger partial charge on any atom is -0.480 e. The molecule has 3 rings (SSSR count). The van der Waals surface area contributed by atoms with Crippen molar-refractivity contribution < 1.29 is 36.7 Å². The maximum absolute atomic E-state index is 15.4. The van der Waals surface area contributed by atoms with Crippen LogP contribution in [0.3, 0.4) is 0 Å². The summed E-state index contributed by atoms with van der Waals surface area (Å²) in [6.45, 7) is 16.1. The van der Waals surface area contributed by atoms with Crippen LogP contribution in [-0.2, 0) is 36.7 Å². The third kappa shape index (κ3) is 10.0. The summed E-state index contributed by atoms with van der Waals surface area (Å²) in [6.07, 6.45) is 6.56. The van der Waals surface area contributed by atoms with E-state index in [2.05, 4.69) is 9.97 Å². The van der Waals surface area contributed by atoms with Gasteiger partial charge in [0.05, 0.1) is 51.5 Å². The van der Waals surface area contributed by atoms with Gasteiger partial charge in [0.1, 0.15) is 12.1 Å². The second-order valence-electron chi connectivity index (χ2n) is 11.1. The number of pyridine rings is 2.